The maximum atomic E-state index is 13.2. The Morgan fingerprint density at radius 2 is 1.89 bits per heavy atom. The lowest BCUT2D eigenvalue weighted by atomic mass is 9.77. The van der Waals surface area contributed by atoms with Gasteiger partial charge in [0.2, 0.25) is 5.92 Å². The molecule has 1 aromatic heterocycles. The predicted molar refractivity (Wildman–Crippen MR) is 102 cm³/mol. The SMILES string of the molecule is CS(=O)(=O)CCN1CCC(n2c(=O)oc3ccc(C4CC(F)(F)C4)cc32)CC1. The first-order valence-electron chi connectivity index (χ1n) is 9.54. The second kappa shape index (κ2) is 6.95. The van der Waals surface area contributed by atoms with Crippen LogP contribution in [0.25, 0.3) is 11.1 Å². The third-order valence-corrected chi connectivity index (χ3v) is 6.82. The Hall–Kier alpha value is -1.74. The minimum atomic E-state index is -3.00. The molecule has 2 fully saturated rings. The van der Waals surface area contributed by atoms with E-state index in [9.17, 15) is 22.0 Å². The zero-order chi connectivity index (χ0) is 20.1. The van der Waals surface area contributed by atoms with Crippen LogP contribution in [-0.2, 0) is 9.84 Å². The van der Waals surface area contributed by atoms with E-state index in [0.717, 1.165) is 5.56 Å². The van der Waals surface area contributed by atoms with Gasteiger partial charge in [-0.05, 0) is 36.5 Å². The zero-order valence-electron chi connectivity index (χ0n) is 15.7. The van der Waals surface area contributed by atoms with Crippen molar-refractivity contribution in [3.05, 3.63) is 34.3 Å². The van der Waals surface area contributed by atoms with Gasteiger partial charge in [0.05, 0.1) is 11.3 Å². The number of hydrogen-bond acceptors (Lipinski definition) is 5. The molecule has 28 heavy (non-hydrogen) atoms. The van der Waals surface area contributed by atoms with Crippen LogP contribution in [0.4, 0.5) is 8.78 Å². The Morgan fingerprint density at radius 3 is 2.50 bits per heavy atom. The van der Waals surface area contributed by atoms with Crippen molar-refractivity contribution in [1.82, 2.24) is 9.47 Å². The molecule has 0 radical (unpaired) electrons. The number of alkyl halides is 2. The van der Waals surface area contributed by atoms with Crippen molar-refractivity contribution in [2.45, 2.75) is 43.6 Å². The minimum absolute atomic E-state index is 0.0404. The highest BCUT2D eigenvalue weighted by molar-refractivity contribution is 7.90. The van der Waals surface area contributed by atoms with E-state index in [0.29, 0.717) is 43.6 Å². The highest BCUT2D eigenvalue weighted by Gasteiger charge is 2.45. The van der Waals surface area contributed by atoms with Crippen LogP contribution in [0.1, 0.15) is 43.2 Å². The molecule has 2 aliphatic rings. The summed E-state index contributed by atoms with van der Waals surface area (Å²) in [5.74, 6) is -3.08. The van der Waals surface area contributed by atoms with E-state index >= 15 is 0 Å². The van der Waals surface area contributed by atoms with Crippen molar-refractivity contribution in [3.63, 3.8) is 0 Å². The predicted octanol–water partition coefficient (Wildman–Crippen LogP) is 2.79. The molecule has 154 valence electrons. The van der Waals surface area contributed by atoms with E-state index in [2.05, 4.69) is 4.90 Å². The first-order valence-corrected chi connectivity index (χ1v) is 11.6. The van der Waals surface area contributed by atoms with Gasteiger partial charge in [-0.3, -0.25) is 4.57 Å². The molecule has 0 atom stereocenters. The van der Waals surface area contributed by atoms with Crippen LogP contribution >= 0.6 is 0 Å². The number of nitrogens with zero attached hydrogens (tertiary/aromatic N) is 2. The molecule has 0 unspecified atom stereocenters. The largest absolute Gasteiger partial charge is 0.420 e. The van der Waals surface area contributed by atoms with Gasteiger partial charge in [-0.1, -0.05) is 6.07 Å². The van der Waals surface area contributed by atoms with Crippen LogP contribution < -0.4 is 5.76 Å². The van der Waals surface area contributed by atoms with Crippen LogP contribution in [0.3, 0.4) is 0 Å². The number of likely N-dealkylation sites (tertiary alicyclic amines) is 1. The summed E-state index contributed by atoms with van der Waals surface area (Å²) in [7, 11) is -3.00. The maximum Gasteiger partial charge on any atom is 0.420 e. The van der Waals surface area contributed by atoms with Gasteiger partial charge in [-0.25, -0.2) is 22.0 Å². The molecule has 1 saturated heterocycles. The summed E-state index contributed by atoms with van der Waals surface area (Å²) in [6.45, 7) is 1.90. The Morgan fingerprint density at radius 1 is 1.21 bits per heavy atom. The van der Waals surface area contributed by atoms with Crippen molar-refractivity contribution in [3.8, 4) is 0 Å². The molecule has 2 aromatic rings. The van der Waals surface area contributed by atoms with Crippen molar-refractivity contribution >= 4 is 20.9 Å². The summed E-state index contributed by atoms with van der Waals surface area (Å²) in [6, 6.07) is 5.24. The molecular weight excluding hydrogens is 390 g/mol. The molecule has 0 N–H and O–H groups in total. The average Bonchev–Trinajstić information content (AvgIpc) is 2.92. The van der Waals surface area contributed by atoms with Gasteiger partial charge in [0.25, 0.3) is 0 Å². The normalized spacial score (nSPS) is 21.8. The number of sulfone groups is 1. The molecule has 1 aliphatic carbocycles. The number of halogens is 2. The number of oxazole rings is 1. The number of benzene rings is 1. The quantitative estimate of drug-likeness (QED) is 0.752. The Bertz CT molecular complexity index is 1030. The van der Waals surface area contributed by atoms with E-state index in [1.807, 2.05) is 6.07 Å². The molecule has 0 bridgehead atoms. The van der Waals surface area contributed by atoms with Gasteiger partial charge in [0.1, 0.15) is 9.84 Å². The summed E-state index contributed by atoms with van der Waals surface area (Å²) >= 11 is 0. The number of piperidine rings is 1. The third-order valence-electron chi connectivity index (χ3n) is 5.90. The Kier molecular flexibility index (Phi) is 4.86. The van der Waals surface area contributed by atoms with Crippen molar-refractivity contribution in [1.29, 1.82) is 0 Å². The fourth-order valence-corrected chi connectivity index (χ4v) is 4.83. The lowest BCUT2D eigenvalue weighted by Crippen LogP contribution is -2.38. The first-order chi connectivity index (χ1) is 13.1. The third kappa shape index (κ3) is 4.00. The monoisotopic (exact) mass is 414 g/mol. The first kappa shape index (κ1) is 19.6. The van der Waals surface area contributed by atoms with E-state index in [-0.39, 0.29) is 30.6 Å². The molecule has 9 heteroatoms. The van der Waals surface area contributed by atoms with Gasteiger partial charge in [0.15, 0.2) is 5.58 Å². The van der Waals surface area contributed by atoms with Crippen LogP contribution in [0.5, 0.6) is 0 Å². The highest BCUT2D eigenvalue weighted by atomic mass is 32.2. The number of hydrogen-bond donors (Lipinski definition) is 0. The Labute approximate surface area is 162 Å². The summed E-state index contributed by atoms with van der Waals surface area (Å²) < 4.78 is 56.1. The average molecular weight is 414 g/mol. The van der Waals surface area contributed by atoms with Gasteiger partial charge in [0, 0.05) is 44.8 Å². The van der Waals surface area contributed by atoms with Crippen LogP contribution in [0.2, 0.25) is 0 Å². The topological polar surface area (TPSA) is 72.5 Å². The van der Waals surface area contributed by atoms with Crippen LogP contribution in [0.15, 0.2) is 27.4 Å². The fraction of sp³-hybridized carbons (Fsp3) is 0.632. The maximum absolute atomic E-state index is 13.2. The summed E-state index contributed by atoms with van der Waals surface area (Å²) in [5.41, 5.74) is 1.95. The van der Waals surface area contributed by atoms with Crippen LogP contribution in [-0.4, -0.2) is 55.5 Å². The van der Waals surface area contributed by atoms with Gasteiger partial charge < -0.3 is 9.32 Å². The standard InChI is InChI=1S/C19H24F2N2O4S/c1-28(25,26)9-8-22-6-4-15(5-7-22)23-16-10-13(14-11-19(20,21)12-14)2-3-17(16)27-18(23)24/h2-3,10,14-15H,4-9,11-12H2,1H3. The van der Waals surface area contributed by atoms with Crippen molar-refractivity contribution in [2.75, 3.05) is 31.6 Å². The molecule has 0 spiro atoms. The molecule has 1 aromatic carbocycles. The summed E-state index contributed by atoms with van der Waals surface area (Å²) in [4.78, 5) is 14.5. The second-order valence-corrected chi connectivity index (χ2v) is 10.4. The van der Waals surface area contributed by atoms with E-state index < -0.39 is 21.5 Å². The van der Waals surface area contributed by atoms with E-state index in [1.165, 1.54) is 6.26 Å². The van der Waals surface area contributed by atoms with E-state index in [1.54, 1.807) is 16.7 Å². The van der Waals surface area contributed by atoms with Gasteiger partial charge in [-0.15, -0.1) is 0 Å². The number of rotatable bonds is 5. The lowest BCUT2D eigenvalue weighted by molar-refractivity contribution is -0.0867. The smallest absolute Gasteiger partial charge is 0.408 e. The zero-order valence-corrected chi connectivity index (χ0v) is 16.6. The highest BCUT2D eigenvalue weighted by Crippen LogP contribution is 2.48. The summed E-state index contributed by atoms with van der Waals surface area (Å²) in [5, 5.41) is 0. The van der Waals surface area contributed by atoms with Crippen molar-refractivity contribution < 1.29 is 21.6 Å². The Balaban J connectivity index is 1.51. The summed E-state index contributed by atoms with van der Waals surface area (Å²) in [6.07, 6.45) is 2.35. The minimum Gasteiger partial charge on any atom is -0.408 e. The molecule has 6 nitrogen and oxygen atoms in total. The van der Waals surface area contributed by atoms with Crippen molar-refractivity contribution in [2.24, 2.45) is 0 Å². The molecule has 0 amide bonds. The van der Waals surface area contributed by atoms with Gasteiger partial charge in [-0.2, -0.15) is 0 Å². The van der Waals surface area contributed by atoms with E-state index in [4.69, 9.17) is 4.42 Å². The lowest BCUT2D eigenvalue weighted by Gasteiger charge is -2.35. The molecule has 1 saturated carbocycles. The molecule has 1 aliphatic heterocycles. The number of fused-ring (bicyclic) bond motifs is 1. The van der Waals surface area contributed by atoms with Crippen LogP contribution in [0, 0.1) is 0 Å². The molecule has 4 rings (SSSR count). The fourth-order valence-electron chi connectivity index (χ4n) is 4.24. The molecular formula is C19H24F2N2O4S. The van der Waals surface area contributed by atoms with Gasteiger partial charge >= 0.3 is 5.76 Å². The second-order valence-electron chi connectivity index (χ2n) is 8.13. The molecule has 2 heterocycles. The number of aromatic nitrogens is 1.